The van der Waals surface area contributed by atoms with E-state index in [1.807, 2.05) is 0 Å². The van der Waals surface area contributed by atoms with Crippen molar-refractivity contribution in [3.05, 3.63) is 53.8 Å². The predicted octanol–water partition coefficient (Wildman–Crippen LogP) is 3.35. The van der Waals surface area contributed by atoms with Crippen LogP contribution in [0.1, 0.15) is 0 Å². The van der Waals surface area contributed by atoms with Crippen molar-refractivity contribution < 1.29 is 13.2 Å². The third-order valence-electron chi connectivity index (χ3n) is 2.19. The Bertz CT molecular complexity index is 518. The quantitative estimate of drug-likeness (QED) is 0.737. The van der Waals surface area contributed by atoms with Gasteiger partial charge in [-0.1, -0.05) is 0 Å². The minimum Gasteiger partial charge on any atom is -0.398 e. The summed E-state index contributed by atoms with van der Waals surface area (Å²) in [6.45, 7) is 0. The average Bonchev–Trinajstić information content (AvgIpc) is 2.20. The van der Waals surface area contributed by atoms with Gasteiger partial charge in [0, 0.05) is 17.3 Å². The number of hydrogen-bond acceptors (Lipinski definition) is 1. The first-order valence-electron chi connectivity index (χ1n) is 4.58. The number of halogens is 3. The van der Waals surface area contributed by atoms with Crippen LogP contribution >= 0.6 is 0 Å². The highest BCUT2D eigenvalue weighted by atomic mass is 19.1. The van der Waals surface area contributed by atoms with E-state index >= 15 is 0 Å². The summed E-state index contributed by atoms with van der Waals surface area (Å²) in [5.74, 6) is -1.95. The lowest BCUT2D eigenvalue weighted by Crippen LogP contribution is -1.92. The molecule has 2 aromatic rings. The van der Waals surface area contributed by atoms with E-state index in [4.69, 9.17) is 5.73 Å². The lowest BCUT2D eigenvalue weighted by Gasteiger charge is -2.06. The summed E-state index contributed by atoms with van der Waals surface area (Å²) >= 11 is 0. The van der Waals surface area contributed by atoms with Gasteiger partial charge in [-0.25, -0.2) is 13.2 Å². The predicted molar refractivity (Wildman–Crippen MR) is 56.2 cm³/mol. The fourth-order valence-corrected chi connectivity index (χ4v) is 1.49. The maximum absolute atomic E-state index is 13.0. The van der Waals surface area contributed by atoms with E-state index in [2.05, 4.69) is 0 Å². The van der Waals surface area contributed by atoms with Crippen molar-refractivity contribution in [1.82, 2.24) is 0 Å². The number of rotatable bonds is 1. The Hall–Kier alpha value is -1.97. The summed E-state index contributed by atoms with van der Waals surface area (Å²) in [7, 11) is 0. The smallest absolute Gasteiger partial charge is 0.126 e. The maximum Gasteiger partial charge on any atom is 0.126 e. The lowest BCUT2D eigenvalue weighted by atomic mass is 10.0. The second-order valence-corrected chi connectivity index (χ2v) is 3.39. The lowest BCUT2D eigenvalue weighted by molar-refractivity contribution is 0.584. The SMILES string of the molecule is Nc1ccc(F)cc1-c1cc(F)cc(F)c1. The van der Waals surface area contributed by atoms with Gasteiger partial charge in [0.2, 0.25) is 0 Å². The van der Waals surface area contributed by atoms with Crippen molar-refractivity contribution in [1.29, 1.82) is 0 Å². The van der Waals surface area contributed by atoms with Gasteiger partial charge in [-0.3, -0.25) is 0 Å². The van der Waals surface area contributed by atoms with Crippen LogP contribution in [0.3, 0.4) is 0 Å². The molecular formula is C12H8F3N. The Balaban J connectivity index is 2.62. The van der Waals surface area contributed by atoms with Gasteiger partial charge >= 0.3 is 0 Å². The molecule has 0 atom stereocenters. The highest BCUT2D eigenvalue weighted by Gasteiger charge is 2.07. The molecule has 0 aromatic heterocycles. The Morgan fingerprint density at radius 2 is 1.38 bits per heavy atom. The molecule has 0 fully saturated rings. The fraction of sp³-hybridized carbons (Fsp3) is 0. The summed E-state index contributed by atoms with van der Waals surface area (Å²) in [5.41, 5.74) is 6.37. The zero-order chi connectivity index (χ0) is 11.7. The van der Waals surface area contributed by atoms with Crippen LogP contribution in [0.5, 0.6) is 0 Å². The van der Waals surface area contributed by atoms with Crippen LogP contribution in [0.4, 0.5) is 18.9 Å². The largest absolute Gasteiger partial charge is 0.398 e. The van der Waals surface area contributed by atoms with E-state index < -0.39 is 17.5 Å². The number of nitrogens with two attached hydrogens (primary N) is 1. The second-order valence-electron chi connectivity index (χ2n) is 3.39. The van der Waals surface area contributed by atoms with Crippen LogP contribution in [0.25, 0.3) is 11.1 Å². The fourth-order valence-electron chi connectivity index (χ4n) is 1.49. The van der Waals surface area contributed by atoms with E-state index in [9.17, 15) is 13.2 Å². The van der Waals surface area contributed by atoms with E-state index in [0.29, 0.717) is 0 Å². The van der Waals surface area contributed by atoms with Gasteiger partial charge in [0.1, 0.15) is 17.5 Å². The molecule has 0 unspecified atom stereocenters. The summed E-state index contributed by atoms with van der Waals surface area (Å²) in [6, 6.07) is 6.65. The summed E-state index contributed by atoms with van der Waals surface area (Å²) in [5, 5.41) is 0. The number of benzene rings is 2. The van der Waals surface area contributed by atoms with E-state index in [0.717, 1.165) is 24.3 Å². The topological polar surface area (TPSA) is 26.0 Å². The Kier molecular flexibility index (Phi) is 2.56. The van der Waals surface area contributed by atoms with Crippen molar-refractivity contribution >= 4 is 5.69 Å². The van der Waals surface area contributed by atoms with Crippen LogP contribution in [0, 0.1) is 17.5 Å². The van der Waals surface area contributed by atoms with Crippen molar-refractivity contribution in [2.45, 2.75) is 0 Å². The van der Waals surface area contributed by atoms with Gasteiger partial charge < -0.3 is 5.73 Å². The molecule has 0 saturated heterocycles. The van der Waals surface area contributed by atoms with Crippen molar-refractivity contribution in [2.24, 2.45) is 0 Å². The summed E-state index contributed by atoms with van der Waals surface area (Å²) in [6.07, 6.45) is 0. The first kappa shape index (κ1) is 10.5. The summed E-state index contributed by atoms with van der Waals surface area (Å²) < 4.78 is 38.9. The standard InChI is InChI=1S/C12H8F3N/c13-8-1-2-12(16)11(6-8)7-3-9(14)5-10(15)4-7/h1-6H,16H2. The molecule has 0 radical (unpaired) electrons. The normalized spacial score (nSPS) is 10.4. The van der Waals surface area contributed by atoms with Gasteiger partial charge in [-0.15, -0.1) is 0 Å². The Morgan fingerprint density at radius 1 is 0.750 bits per heavy atom. The minimum absolute atomic E-state index is 0.217. The van der Waals surface area contributed by atoms with E-state index in [-0.39, 0.29) is 16.8 Å². The van der Waals surface area contributed by atoms with Gasteiger partial charge in [0.25, 0.3) is 0 Å². The molecule has 0 spiro atoms. The van der Waals surface area contributed by atoms with E-state index in [1.54, 1.807) is 0 Å². The Labute approximate surface area is 90.3 Å². The second kappa shape index (κ2) is 3.89. The number of anilines is 1. The number of hydrogen-bond donors (Lipinski definition) is 1. The van der Waals surface area contributed by atoms with Crippen LogP contribution in [0.2, 0.25) is 0 Å². The van der Waals surface area contributed by atoms with Crippen molar-refractivity contribution in [3.63, 3.8) is 0 Å². The molecule has 0 aliphatic heterocycles. The zero-order valence-electron chi connectivity index (χ0n) is 8.18. The molecule has 0 heterocycles. The molecule has 0 bridgehead atoms. The first-order chi connectivity index (χ1) is 7.56. The monoisotopic (exact) mass is 223 g/mol. The van der Waals surface area contributed by atoms with Gasteiger partial charge in [-0.2, -0.15) is 0 Å². The molecule has 16 heavy (non-hydrogen) atoms. The summed E-state index contributed by atoms with van der Waals surface area (Å²) in [4.78, 5) is 0. The van der Waals surface area contributed by atoms with Crippen LogP contribution < -0.4 is 5.73 Å². The third kappa shape index (κ3) is 2.00. The third-order valence-corrected chi connectivity index (χ3v) is 2.19. The van der Waals surface area contributed by atoms with Crippen LogP contribution in [-0.2, 0) is 0 Å². The van der Waals surface area contributed by atoms with Gasteiger partial charge in [-0.05, 0) is 35.9 Å². The highest BCUT2D eigenvalue weighted by molar-refractivity contribution is 5.76. The molecule has 0 aliphatic rings. The van der Waals surface area contributed by atoms with Gasteiger partial charge in [0.05, 0.1) is 0 Å². The maximum atomic E-state index is 13.0. The molecule has 0 saturated carbocycles. The molecule has 4 heteroatoms. The van der Waals surface area contributed by atoms with Crippen molar-refractivity contribution in [2.75, 3.05) is 5.73 Å². The average molecular weight is 223 g/mol. The first-order valence-corrected chi connectivity index (χ1v) is 4.58. The molecule has 2 N–H and O–H groups in total. The molecule has 2 aromatic carbocycles. The van der Waals surface area contributed by atoms with Crippen LogP contribution in [-0.4, -0.2) is 0 Å². The molecule has 2 rings (SSSR count). The number of nitrogen functional groups attached to an aromatic ring is 1. The van der Waals surface area contributed by atoms with Gasteiger partial charge in [0.15, 0.2) is 0 Å². The van der Waals surface area contributed by atoms with Crippen molar-refractivity contribution in [3.8, 4) is 11.1 Å². The highest BCUT2D eigenvalue weighted by Crippen LogP contribution is 2.27. The van der Waals surface area contributed by atoms with Crippen LogP contribution in [0.15, 0.2) is 36.4 Å². The minimum atomic E-state index is -0.723. The zero-order valence-corrected chi connectivity index (χ0v) is 8.18. The molecule has 1 nitrogen and oxygen atoms in total. The molecule has 0 amide bonds. The molecular weight excluding hydrogens is 215 g/mol. The molecule has 0 aliphatic carbocycles. The molecule has 82 valence electrons. The Morgan fingerprint density at radius 3 is 2.00 bits per heavy atom. The van der Waals surface area contributed by atoms with E-state index in [1.165, 1.54) is 12.1 Å².